The summed E-state index contributed by atoms with van der Waals surface area (Å²) in [5.41, 5.74) is 7.20. The van der Waals surface area contributed by atoms with Crippen molar-refractivity contribution in [2.45, 2.75) is 40.7 Å². The third kappa shape index (κ3) is 3.78. The Morgan fingerprint density at radius 2 is 1.76 bits per heavy atom. The van der Waals surface area contributed by atoms with E-state index in [1.807, 2.05) is 40.7 Å². The van der Waals surface area contributed by atoms with E-state index >= 15 is 0 Å². The zero-order chi connectivity index (χ0) is 13.2. The summed E-state index contributed by atoms with van der Waals surface area (Å²) >= 11 is 0. The first-order valence-corrected chi connectivity index (χ1v) is 5.59. The fraction of sp³-hybridized carbons (Fsp3) is 0.583. The third-order valence-electron chi connectivity index (χ3n) is 2.43. The Labute approximate surface area is 102 Å². The van der Waals surface area contributed by atoms with Crippen molar-refractivity contribution in [2.75, 3.05) is 5.32 Å². The third-order valence-corrected chi connectivity index (χ3v) is 2.43. The van der Waals surface area contributed by atoms with E-state index in [1.165, 1.54) is 0 Å². The minimum atomic E-state index is -0.591. The molecule has 0 aliphatic carbocycles. The van der Waals surface area contributed by atoms with Crippen LogP contribution in [0.3, 0.4) is 0 Å². The van der Waals surface area contributed by atoms with Gasteiger partial charge in [0.25, 0.3) is 0 Å². The number of nitrogens with two attached hydrogens (primary N) is 1. The summed E-state index contributed by atoms with van der Waals surface area (Å²) in [6.07, 6.45) is 0. The molecule has 1 aromatic heterocycles. The minimum absolute atomic E-state index is 0.262. The average Bonchev–Trinajstić information content (AvgIpc) is 2.13. The number of rotatable bonds is 2. The second-order valence-corrected chi connectivity index (χ2v) is 5.31. The highest BCUT2D eigenvalue weighted by Gasteiger charge is 2.27. The van der Waals surface area contributed by atoms with Gasteiger partial charge in [0.05, 0.1) is 6.04 Å². The molecule has 17 heavy (non-hydrogen) atoms. The number of carbonyl (C=O) groups excluding carboxylic acids is 1. The Hall–Kier alpha value is -1.49. The lowest BCUT2D eigenvalue weighted by molar-refractivity contribution is -0.119. The molecular weight excluding hydrogens is 216 g/mol. The van der Waals surface area contributed by atoms with Crippen LogP contribution in [0.4, 0.5) is 5.95 Å². The summed E-state index contributed by atoms with van der Waals surface area (Å²) in [5, 5.41) is 2.64. The number of nitrogens with one attached hydrogen (secondary N) is 1. The van der Waals surface area contributed by atoms with Gasteiger partial charge in [0.2, 0.25) is 11.9 Å². The van der Waals surface area contributed by atoms with Crippen LogP contribution in [-0.2, 0) is 4.79 Å². The van der Waals surface area contributed by atoms with Gasteiger partial charge in [-0.1, -0.05) is 20.8 Å². The maximum atomic E-state index is 11.9. The number of aromatic nitrogens is 2. The summed E-state index contributed by atoms with van der Waals surface area (Å²) in [4.78, 5) is 20.1. The van der Waals surface area contributed by atoms with Gasteiger partial charge < -0.3 is 5.73 Å². The molecule has 0 saturated heterocycles. The van der Waals surface area contributed by atoms with Gasteiger partial charge in [-0.15, -0.1) is 0 Å². The van der Waals surface area contributed by atoms with Crippen molar-refractivity contribution in [3.05, 3.63) is 17.5 Å². The first kappa shape index (κ1) is 13.6. The SMILES string of the molecule is Cc1cc(C)nc(NC(=O)C(N)C(C)(C)C)n1. The molecule has 0 saturated carbocycles. The van der Waals surface area contributed by atoms with Crippen molar-refractivity contribution >= 4 is 11.9 Å². The summed E-state index contributed by atoms with van der Waals surface area (Å²) in [6.45, 7) is 9.46. The number of nitrogens with zero attached hydrogens (tertiary/aromatic N) is 2. The number of carbonyl (C=O) groups is 1. The molecule has 1 heterocycles. The summed E-state index contributed by atoms with van der Waals surface area (Å²) in [6, 6.07) is 1.26. The highest BCUT2D eigenvalue weighted by atomic mass is 16.2. The Balaban J connectivity index is 2.81. The van der Waals surface area contributed by atoms with Crippen LogP contribution in [0.5, 0.6) is 0 Å². The molecule has 3 N–H and O–H groups in total. The van der Waals surface area contributed by atoms with E-state index in [9.17, 15) is 4.79 Å². The number of hydrogen-bond donors (Lipinski definition) is 2. The summed E-state index contributed by atoms with van der Waals surface area (Å²) in [5.74, 6) is 0.0506. The van der Waals surface area contributed by atoms with Gasteiger partial charge in [0, 0.05) is 11.4 Å². The van der Waals surface area contributed by atoms with Crippen LogP contribution in [0.15, 0.2) is 6.07 Å². The number of hydrogen-bond acceptors (Lipinski definition) is 4. The maximum absolute atomic E-state index is 11.9. The Bertz CT molecular complexity index is 403. The highest BCUT2D eigenvalue weighted by Crippen LogP contribution is 2.18. The van der Waals surface area contributed by atoms with E-state index in [-0.39, 0.29) is 11.3 Å². The van der Waals surface area contributed by atoms with E-state index < -0.39 is 6.04 Å². The Morgan fingerprint density at radius 1 is 1.29 bits per heavy atom. The maximum Gasteiger partial charge on any atom is 0.244 e. The molecule has 0 spiro atoms. The lowest BCUT2D eigenvalue weighted by atomic mass is 9.87. The lowest BCUT2D eigenvalue weighted by Crippen LogP contribution is -2.45. The first-order valence-electron chi connectivity index (χ1n) is 5.59. The molecule has 0 aliphatic heterocycles. The largest absolute Gasteiger partial charge is 0.319 e. The molecule has 0 bridgehead atoms. The van der Waals surface area contributed by atoms with Crippen molar-refractivity contribution in [1.82, 2.24) is 9.97 Å². The Morgan fingerprint density at radius 3 is 2.18 bits per heavy atom. The van der Waals surface area contributed by atoms with Crippen molar-refractivity contribution in [3.8, 4) is 0 Å². The molecule has 94 valence electrons. The van der Waals surface area contributed by atoms with Crippen LogP contribution in [0.25, 0.3) is 0 Å². The quantitative estimate of drug-likeness (QED) is 0.813. The van der Waals surface area contributed by atoms with Crippen molar-refractivity contribution in [3.63, 3.8) is 0 Å². The van der Waals surface area contributed by atoms with Crippen molar-refractivity contribution in [1.29, 1.82) is 0 Å². The Kier molecular flexibility index (Phi) is 3.83. The fourth-order valence-electron chi connectivity index (χ4n) is 1.36. The van der Waals surface area contributed by atoms with E-state index in [0.717, 1.165) is 11.4 Å². The van der Waals surface area contributed by atoms with Crippen LogP contribution < -0.4 is 11.1 Å². The lowest BCUT2D eigenvalue weighted by Gasteiger charge is -2.25. The number of amides is 1. The van der Waals surface area contributed by atoms with Crippen LogP contribution >= 0.6 is 0 Å². The summed E-state index contributed by atoms with van der Waals surface area (Å²) in [7, 11) is 0. The van der Waals surface area contributed by atoms with Gasteiger partial charge in [-0.3, -0.25) is 10.1 Å². The van der Waals surface area contributed by atoms with E-state index in [2.05, 4.69) is 15.3 Å². The highest BCUT2D eigenvalue weighted by molar-refractivity contribution is 5.93. The fourth-order valence-corrected chi connectivity index (χ4v) is 1.36. The molecular formula is C12H20N4O. The van der Waals surface area contributed by atoms with E-state index in [4.69, 9.17) is 5.73 Å². The number of aryl methyl sites for hydroxylation is 2. The molecule has 1 amide bonds. The molecule has 0 aliphatic rings. The topological polar surface area (TPSA) is 80.9 Å². The van der Waals surface area contributed by atoms with Gasteiger partial charge in [0.1, 0.15) is 0 Å². The molecule has 0 radical (unpaired) electrons. The zero-order valence-electron chi connectivity index (χ0n) is 11.0. The monoisotopic (exact) mass is 236 g/mol. The molecule has 5 nitrogen and oxygen atoms in total. The molecule has 5 heteroatoms. The van der Waals surface area contributed by atoms with Gasteiger partial charge in [-0.25, -0.2) is 9.97 Å². The van der Waals surface area contributed by atoms with Crippen LogP contribution in [0, 0.1) is 19.3 Å². The van der Waals surface area contributed by atoms with E-state index in [0.29, 0.717) is 5.95 Å². The van der Waals surface area contributed by atoms with E-state index in [1.54, 1.807) is 0 Å². The number of anilines is 1. The molecule has 1 rings (SSSR count). The van der Waals surface area contributed by atoms with Crippen LogP contribution in [0.1, 0.15) is 32.2 Å². The van der Waals surface area contributed by atoms with Gasteiger partial charge in [-0.2, -0.15) is 0 Å². The first-order chi connectivity index (χ1) is 7.70. The van der Waals surface area contributed by atoms with Crippen LogP contribution in [0.2, 0.25) is 0 Å². The predicted octanol–water partition coefficient (Wildman–Crippen LogP) is 1.41. The normalized spacial score (nSPS) is 13.3. The minimum Gasteiger partial charge on any atom is -0.319 e. The molecule has 0 aromatic carbocycles. The van der Waals surface area contributed by atoms with Crippen molar-refractivity contribution in [2.24, 2.45) is 11.1 Å². The zero-order valence-corrected chi connectivity index (χ0v) is 11.0. The summed E-state index contributed by atoms with van der Waals surface area (Å²) < 4.78 is 0. The molecule has 0 fully saturated rings. The molecule has 1 atom stereocenters. The van der Waals surface area contributed by atoms with Gasteiger partial charge in [0.15, 0.2) is 0 Å². The average molecular weight is 236 g/mol. The smallest absolute Gasteiger partial charge is 0.244 e. The second-order valence-electron chi connectivity index (χ2n) is 5.31. The molecule has 1 aromatic rings. The van der Waals surface area contributed by atoms with Crippen molar-refractivity contribution < 1.29 is 4.79 Å². The predicted molar refractivity (Wildman–Crippen MR) is 67.6 cm³/mol. The van der Waals surface area contributed by atoms with Crippen LogP contribution in [-0.4, -0.2) is 21.9 Å². The van der Waals surface area contributed by atoms with Gasteiger partial charge >= 0.3 is 0 Å². The van der Waals surface area contributed by atoms with Gasteiger partial charge in [-0.05, 0) is 25.3 Å². The molecule has 1 unspecified atom stereocenters. The standard InChI is InChI=1S/C12H20N4O/c1-7-6-8(2)15-11(14-7)16-10(17)9(13)12(3,4)5/h6,9H,13H2,1-5H3,(H,14,15,16,17). The second kappa shape index (κ2) is 4.79.